The molecule has 1 aliphatic rings. The standard InChI is InChI=1S/C24H24N6/c1-17-22(18(2)30(28-17)21-8-4-3-5-9-21)16-29-12-10-23-20(15-29)14-26-24(27-23)19-7-6-11-25-13-19/h3-9,11,13-14H,10,12,15-16H2,1-2H3. The van der Waals surface area contributed by atoms with Crippen LogP contribution in [0.15, 0.2) is 61.1 Å². The number of para-hydroxylation sites is 1. The highest BCUT2D eigenvalue weighted by molar-refractivity contribution is 5.53. The molecule has 0 N–H and O–H groups in total. The molecule has 3 aromatic heterocycles. The van der Waals surface area contributed by atoms with Crippen molar-refractivity contribution in [3.63, 3.8) is 0 Å². The van der Waals surface area contributed by atoms with Gasteiger partial charge < -0.3 is 0 Å². The van der Waals surface area contributed by atoms with Crippen molar-refractivity contribution in [3.05, 3.63) is 89.3 Å². The fourth-order valence-corrected chi connectivity index (χ4v) is 4.09. The van der Waals surface area contributed by atoms with Crippen LogP contribution in [0.1, 0.15) is 28.2 Å². The van der Waals surface area contributed by atoms with Crippen LogP contribution in [0.3, 0.4) is 0 Å². The van der Waals surface area contributed by atoms with Crippen LogP contribution in [-0.4, -0.2) is 36.2 Å². The highest BCUT2D eigenvalue weighted by atomic mass is 15.3. The Labute approximate surface area is 176 Å². The maximum Gasteiger partial charge on any atom is 0.160 e. The quantitative estimate of drug-likeness (QED) is 0.524. The molecule has 1 aliphatic heterocycles. The number of fused-ring (bicyclic) bond motifs is 1. The minimum atomic E-state index is 0.756. The third-order valence-corrected chi connectivity index (χ3v) is 5.76. The van der Waals surface area contributed by atoms with Crippen LogP contribution in [0.4, 0.5) is 0 Å². The summed E-state index contributed by atoms with van der Waals surface area (Å²) in [5.74, 6) is 0.756. The Morgan fingerprint density at radius 1 is 1.00 bits per heavy atom. The molecule has 150 valence electrons. The van der Waals surface area contributed by atoms with E-state index in [0.29, 0.717) is 0 Å². The van der Waals surface area contributed by atoms with Gasteiger partial charge in [-0.05, 0) is 38.1 Å². The normalized spacial score (nSPS) is 13.9. The second kappa shape index (κ2) is 7.80. The minimum absolute atomic E-state index is 0.756. The lowest BCUT2D eigenvalue weighted by Gasteiger charge is -2.28. The third-order valence-electron chi connectivity index (χ3n) is 5.76. The van der Waals surface area contributed by atoms with Gasteiger partial charge >= 0.3 is 0 Å². The first kappa shape index (κ1) is 18.6. The Hall–Kier alpha value is -3.38. The Balaban J connectivity index is 1.36. The monoisotopic (exact) mass is 396 g/mol. The van der Waals surface area contributed by atoms with Gasteiger partial charge in [-0.2, -0.15) is 5.10 Å². The summed E-state index contributed by atoms with van der Waals surface area (Å²) in [4.78, 5) is 16.0. The smallest absolute Gasteiger partial charge is 0.160 e. The number of hydrogen-bond acceptors (Lipinski definition) is 5. The summed E-state index contributed by atoms with van der Waals surface area (Å²) in [7, 11) is 0. The van der Waals surface area contributed by atoms with Gasteiger partial charge in [0.25, 0.3) is 0 Å². The molecule has 0 spiro atoms. The number of aryl methyl sites for hydroxylation is 1. The molecule has 1 aromatic carbocycles. The van der Waals surface area contributed by atoms with Crippen LogP contribution in [-0.2, 0) is 19.5 Å². The molecule has 0 atom stereocenters. The van der Waals surface area contributed by atoms with Crippen LogP contribution in [0.25, 0.3) is 17.1 Å². The predicted molar refractivity (Wildman–Crippen MR) is 116 cm³/mol. The second-order valence-electron chi connectivity index (χ2n) is 7.76. The van der Waals surface area contributed by atoms with Crippen LogP contribution >= 0.6 is 0 Å². The predicted octanol–water partition coefficient (Wildman–Crippen LogP) is 3.90. The van der Waals surface area contributed by atoms with Gasteiger partial charge in [0, 0.05) is 67.0 Å². The van der Waals surface area contributed by atoms with E-state index >= 15 is 0 Å². The largest absolute Gasteiger partial charge is 0.294 e. The molecule has 0 amide bonds. The van der Waals surface area contributed by atoms with Crippen LogP contribution in [0.5, 0.6) is 0 Å². The van der Waals surface area contributed by atoms with E-state index in [-0.39, 0.29) is 0 Å². The fourth-order valence-electron chi connectivity index (χ4n) is 4.09. The molecule has 0 fully saturated rings. The lowest BCUT2D eigenvalue weighted by Crippen LogP contribution is -2.31. The maximum absolute atomic E-state index is 4.81. The van der Waals surface area contributed by atoms with Crippen molar-refractivity contribution in [2.24, 2.45) is 0 Å². The zero-order chi connectivity index (χ0) is 20.5. The third kappa shape index (κ3) is 3.50. The first-order chi connectivity index (χ1) is 14.7. The van der Waals surface area contributed by atoms with E-state index in [1.165, 1.54) is 16.8 Å². The molecule has 4 aromatic rings. The lowest BCUT2D eigenvalue weighted by molar-refractivity contribution is 0.242. The molecule has 0 saturated carbocycles. The number of hydrogen-bond donors (Lipinski definition) is 0. The number of aromatic nitrogens is 5. The van der Waals surface area contributed by atoms with Gasteiger partial charge in [-0.1, -0.05) is 18.2 Å². The highest BCUT2D eigenvalue weighted by Gasteiger charge is 2.22. The van der Waals surface area contributed by atoms with E-state index in [1.54, 1.807) is 6.20 Å². The topological polar surface area (TPSA) is 59.7 Å². The molecule has 0 radical (unpaired) electrons. The van der Waals surface area contributed by atoms with Crippen LogP contribution in [0, 0.1) is 13.8 Å². The minimum Gasteiger partial charge on any atom is -0.294 e. The Kier molecular flexibility index (Phi) is 4.85. The highest BCUT2D eigenvalue weighted by Crippen LogP contribution is 2.24. The summed E-state index contributed by atoms with van der Waals surface area (Å²) in [6, 6.07) is 14.2. The molecule has 6 nitrogen and oxygen atoms in total. The lowest BCUT2D eigenvalue weighted by atomic mass is 10.1. The van der Waals surface area contributed by atoms with Crippen molar-refractivity contribution in [3.8, 4) is 17.1 Å². The number of nitrogens with zero attached hydrogens (tertiary/aromatic N) is 6. The Bertz CT molecular complexity index is 1170. The average Bonchev–Trinajstić information content (AvgIpc) is 3.08. The van der Waals surface area contributed by atoms with Gasteiger partial charge in [0.2, 0.25) is 0 Å². The number of pyridine rings is 1. The van der Waals surface area contributed by atoms with Crippen molar-refractivity contribution < 1.29 is 0 Å². The van der Waals surface area contributed by atoms with E-state index < -0.39 is 0 Å². The number of benzene rings is 1. The molecule has 30 heavy (non-hydrogen) atoms. The van der Waals surface area contributed by atoms with Crippen LogP contribution < -0.4 is 0 Å². The van der Waals surface area contributed by atoms with Crippen LogP contribution in [0.2, 0.25) is 0 Å². The summed E-state index contributed by atoms with van der Waals surface area (Å²) >= 11 is 0. The molecular weight excluding hydrogens is 372 g/mol. The van der Waals surface area contributed by atoms with E-state index in [4.69, 9.17) is 10.1 Å². The van der Waals surface area contributed by atoms with Gasteiger partial charge in [0.05, 0.1) is 17.1 Å². The van der Waals surface area contributed by atoms with Crippen molar-refractivity contribution in [2.45, 2.75) is 33.4 Å². The SMILES string of the molecule is Cc1nn(-c2ccccc2)c(C)c1CN1CCc2nc(-c3cccnc3)ncc2C1. The van der Waals surface area contributed by atoms with Gasteiger partial charge in [0.15, 0.2) is 5.82 Å². The first-order valence-corrected chi connectivity index (χ1v) is 10.3. The van der Waals surface area contributed by atoms with Crippen molar-refractivity contribution in [1.82, 2.24) is 29.6 Å². The Morgan fingerprint density at radius 2 is 1.87 bits per heavy atom. The summed E-state index contributed by atoms with van der Waals surface area (Å²) < 4.78 is 2.05. The van der Waals surface area contributed by atoms with Gasteiger partial charge in [-0.25, -0.2) is 14.6 Å². The van der Waals surface area contributed by atoms with Crippen molar-refractivity contribution in [2.75, 3.05) is 6.54 Å². The first-order valence-electron chi connectivity index (χ1n) is 10.3. The molecule has 0 aliphatic carbocycles. The van der Waals surface area contributed by atoms with Gasteiger partial charge in [-0.3, -0.25) is 9.88 Å². The molecular formula is C24H24N6. The van der Waals surface area contributed by atoms with Gasteiger partial charge in [-0.15, -0.1) is 0 Å². The summed E-state index contributed by atoms with van der Waals surface area (Å²) in [6.45, 7) is 6.98. The molecule has 0 saturated heterocycles. The second-order valence-corrected chi connectivity index (χ2v) is 7.76. The van der Waals surface area contributed by atoms with Gasteiger partial charge in [0.1, 0.15) is 0 Å². The zero-order valence-corrected chi connectivity index (χ0v) is 17.3. The molecule has 0 unspecified atom stereocenters. The van der Waals surface area contributed by atoms with E-state index in [2.05, 4.69) is 40.8 Å². The summed E-state index contributed by atoms with van der Waals surface area (Å²) in [5, 5.41) is 4.79. The van der Waals surface area contributed by atoms with Crippen molar-refractivity contribution in [1.29, 1.82) is 0 Å². The molecule has 0 bridgehead atoms. The summed E-state index contributed by atoms with van der Waals surface area (Å²) in [5.41, 5.74) is 8.01. The van der Waals surface area contributed by atoms with E-state index in [9.17, 15) is 0 Å². The zero-order valence-electron chi connectivity index (χ0n) is 17.3. The summed E-state index contributed by atoms with van der Waals surface area (Å²) in [6.07, 6.45) is 6.48. The average molecular weight is 396 g/mol. The number of rotatable bonds is 4. The van der Waals surface area contributed by atoms with E-state index in [1.807, 2.05) is 47.4 Å². The molecule has 6 heteroatoms. The van der Waals surface area contributed by atoms with E-state index in [0.717, 1.165) is 54.5 Å². The molecule has 4 heterocycles. The fraction of sp³-hybridized carbons (Fsp3) is 0.250. The van der Waals surface area contributed by atoms with Crippen molar-refractivity contribution >= 4 is 0 Å². The maximum atomic E-state index is 4.81. The Morgan fingerprint density at radius 3 is 2.67 bits per heavy atom. The molecule has 5 rings (SSSR count).